The fourth-order valence-electron chi connectivity index (χ4n) is 3.62. The molecule has 0 heterocycles. The van der Waals surface area contributed by atoms with Gasteiger partial charge in [-0.1, -0.05) is 26.7 Å². The molecule has 1 N–H and O–H groups in total. The zero-order valence-electron chi connectivity index (χ0n) is 13.8. The molecule has 0 aromatic heterocycles. The minimum Gasteiger partial charge on any atom is -0.497 e. The average molecular weight is 291 g/mol. The van der Waals surface area contributed by atoms with Crippen LogP contribution in [0.15, 0.2) is 18.2 Å². The van der Waals surface area contributed by atoms with Crippen molar-refractivity contribution in [1.29, 1.82) is 0 Å². The van der Waals surface area contributed by atoms with Crippen molar-refractivity contribution < 1.29 is 9.47 Å². The van der Waals surface area contributed by atoms with E-state index in [1.165, 1.54) is 31.2 Å². The lowest BCUT2D eigenvalue weighted by Gasteiger charge is -2.34. The SMILES string of the molecule is CCNC(c1cc(OC)ccc1OC)C1CCCC(C)C1. The zero-order chi connectivity index (χ0) is 15.2. The van der Waals surface area contributed by atoms with Gasteiger partial charge in [-0.2, -0.15) is 0 Å². The topological polar surface area (TPSA) is 30.5 Å². The molecule has 3 heteroatoms. The molecule has 3 nitrogen and oxygen atoms in total. The molecule has 1 aliphatic rings. The molecule has 3 unspecified atom stereocenters. The van der Waals surface area contributed by atoms with Gasteiger partial charge >= 0.3 is 0 Å². The second-order valence-corrected chi connectivity index (χ2v) is 6.18. The summed E-state index contributed by atoms with van der Waals surface area (Å²) in [5.41, 5.74) is 1.23. The van der Waals surface area contributed by atoms with Gasteiger partial charge < -0.3 is 14.8 Å². The van der Waals surface area contributed by atoms with Crippen LogP contribution in [0.3, 0.4) is 0 Å². The van der Waals surface area contributed by atoms with Gasteiger partial charge in [0.15, 0.2) is 0 Å². The predicted molar refractivity (Wildman–Crippen MR) is 87.1 cm³/mol. The Morgan fingerprint density at radius 2 is 2.05 bits per heavy atom. The normalized spacial score (nSPS) is 23.6. The predicted octanol–water partition coefficient (Wildman–Crippen LogP) is 4.18. The fraction of sp³-hybridized carbons (Fsp3) is 0.667. The summed E-state index contributed by atoms with van der Waals surface area (Å²) in [6.07, 6.45) is 5.28. The van der Waals surface area contributed by atoms with Gasteiger partial charge in [-0.25, -0.2) is 0 Å². The Morgan fingerprint density at radius 1 is 1.24 bits per heavy atom. The lowest BCUT2D eigenvalue weighted by molar-refractivity contribution is 0.222. The summed E-state index contributed by atoms with van der Waals surface area (Å²) in [5, 5.41) is 3.68. The van der Waals surface area contributed by atoms with Crippen molar-refractivity contribution in [3.8, 4) is 11.5 Å². The number of ether oxygens (including phenoxy) is 2. The Morgan fingerprint density at radius 3 is 2.67 bits per heavy atom. The van der Waals surface area contributed by atoms with Gasteiger partial charge in [0.1, 0.15) is 11.5 Å². The Balaban J connectivity index is 2.31. The van der Waals surface area contributed by atoms with Crippen molar-refractivity contribution in [3.05, 3.63) is 23.8 Å². The number of nitrogens with one attached hydrogen (secondary N) is 1. The van der Waals surface area contributed by atoms with E-state index in [0.29, 0.717) is 12.0 Å². The smallest absolute Gasteiger partial charge is 0.123 e. The molecule has 1 aromatic carbocycles. The molecule has 1 fully saturated rings. The quantitative estimate of drug-likeness (QED) is 0.853. The number of hydrogen-bond acceptors (Lipinski definition) is 3. The third-order valence-electron chi connectivity index (χ3n) is 4.64. The maximum atomic E-state index is 5.59. The highest BCUT2D eigenvalue weighted by Gasteiger charge is 2.29. The molecule has 2 rings (SSSR count). The van der Waals surface area contributed by atoms with Crippen LogP contribution in [0.25, 0.3) is 0 Å². The molecule has 3 atom stereocenters. The molecule has 0 spiro atoms. The van der Waals surface area contributed by atoms with Gasteiger partial charge in [0.05, 0.1) is 14.2 Å². The van der Waals surface area contributed by atoms with Crippen molar-refractivity contribution in [2.45, 2.75) is 45.6 Å². The minimum atomic E-state index is 0.350. The first kappa shape index (κ1) is 16.2. The van der Waals surface area contributed by atoms with E-state index < -0.39 is 0 Å². The summed E-state index contributed by atoms with van der Waals surface area (Å²) < 4.78 is 11.0. The molecule has 1 saturated carbocycles. The second-order valence-electron chi connectivity index (χ2n) is 6.18. The summed E-state index contributed by atoms with van der Waals surface area (Å²) in [4.78, 5) is 0. The molecule has 21 heavy (non-hydrogen) atoms. The van der Waals surface area contributed by atoms with Crippen LogP contribution in [-0.4, -0.2) is 20.8 Å². The summed E-state index contributed by atoms with van der Waals surface area (Å²) in [5.74, 6) is 3.36. The van der Waals surface area contributed by atoms with Crippen LogP contribution >= 0.6 is 0 Å². The van der Waals surface area contributed by atoms with E-state index in [-0.39, 0.29) is 0 Å². The van der Waals surface area contributed by atoms with Gasteiger partial charge in [-0.3, -0.25) is 0 Å². The number of benzene rings is 1. The van der Waals surface area contributed by atoms with E-state index in [1.54, 1.807) is 14.2 Å². The van der Waals surface area contributed by atoms with Crippen LogP contribution in [0.2, 0.25) is 0 Å². The molecular formula is C18H29NO2. The monoisotopic (exact) mass is 291 g/mol. The standard InChI is InChI=1S/C18H29NO2/c1-5-19-18(14-8-6-7-13(2)11-14)16-12-15(20-3)9-10-17(16)21-4/h9-10,12-14,18-19H,5-8,11H2,1-4H3. The van der Waals surface area contributed by atoms with E-state index >= 15 is 0 Å². The van der Waals surface area contributed by atoms with Crippen molar-refractivity contribution in [3.63, 3.8) is 0 Å². The lowest BCUT2D eigenvalue weighted by Crippen LogP contribution is -2.31. The van der Waals surface area contributed by atoms with E-state index in [9.17, 15) is 0 Å². The summed E-state index contributed by atoms with van der Waals surface area (Å²) >= 11 is 0. The Hall–Kier alpha value is -1.22. The summed E-state index contributed by atoms with van der Waals surface area (Å²) in [6.45, 7) is 5.51. The zero-order valence-corrected chi connectivity index (χ0v) is 13.8. The molecule has 118 valence electrons. The largest absolute Gasteiger partial charge is 0.497 e. The first-order chi connectivity index (χ1) is 10.2. The maximum absolute atomic E-state index is 5.59. The number of methoxy groups -OCH3 is 2. The van der Waals surface area contributed by atoms with E-state index in [0.717, 1.165) is 24.0 Å². The van der Waals surface area contributed by atoms with Crippen LogP contribution < -0.4 is 14.8 Å². The van der Waals surface area contributed by atoms with E-state index in [4.69, 9.17) is 9.47 Å². The van der Waals surface area contributed by atoms with Crippen molar-refractivity contribution in [1.82, 2.24) is 5.32 Å². The fourth-order valence-corrected chi connectivity index (χ4v) is 3.62. The molecule has 1 aromatic rings. The molecule has 1 aliphatic carbocycles. The average Bonchev–Trinajstić information content (AvgIpc) is 2.52. The highest BCUT2D eigenvalue weighted by molar-refractivity contribution is 5.42. The van der Waals surface area contributed by atoms with Crippen molar-refractivity contribution in [2.75, 3.05) is 20.8 Å². The number of hydrogen-bond donors (Lipinski definition) is 1. The van der Waals surface area contributed by atoms with Gasteiger partial charge in [0.25, 0.3) is 0 Å². The van der Waals surface area contributed by atoms with Gasteiger partial charge in [-0.05, 0) is 49.4 Å². The maximum Gasteiger partial charge on any atom is 0.123 e. The van der Waals surface area contributed by atoms with Crippen LogP contribution in [0.4, 0.5) is 0 Å². The molecular weight excluding hydrogens is 262 g/mol. The van der Waals surface area contributed by atoms with Crippen molar-refractivity contribution in [2.24, 2.45) is 11.8 Å². The minimum absolute atomic E-state index is 0.350. The first-order valence-corrected chi connectivity index (χ1v) is 8.14. The Bertz CT molecular complexity index is 447. The van der Waals surface area contributed by atoms with Crippen LogP contribution in [0.5, 0.6) is 11.5 Å². The molecule has 0 radical (unpaired) electrons. The van der Waals surface area contributed by atoms with Gasteiger partial charge in [0.2, 0.25) is 0 Å². The molecule has 0 saturated heterocycles. The van der Waals surface area contributed by atoms with Crippen molar-refractivity contribution >= 4 is 0 Å². The second kappa shape index (κ2) is 7.69. The number of rotatable bonds is 6. The lowest BCUT2D eigenvalue weighted by atomic mass is 9.76. The first-order valence-electron chi connectivity index (χ1n) is 8.14. The third kappa shape index (κ3) is 3.91. The van der Waals surface area contributed by atoms with Gasteiger partial charge in [-0.15, -0.1) is 0 Å². The van der Waals surface area contributed by atoms with E-state index in [1.807, 2.05) is 12.1 Å². The Kier molecular flexibility index (Phi) is 5.92. The van der Waals surface area contributed by atoms with Crippen LogP contribution in [-0.2, 0) is 0 Å². The molecule has 0 amide bonds. The molecule has 0 aliphatic heterocycles. The third-order valence-corrected chi connectivity index (χ3v) is 4.64. The highest BCUT2D eigenvalue weighted by Crippen LogP contribution is 2.40. The highest BCUT2D eigenvalue weighted by atomic mass is 16.5. The summed E-state index contributed by atoms with van der Waals surface area (Å²) in [6, 6.07) is 6.47. The van der Waals surface area contributed by atoms with Crippen LogP contribution in [0, 0.1) is 11.8 Å². The van der Waals surface area contributed by atoms with Gasteiger partial charge in [0, 0.05) is 11.6 Å². The van der Waals surface area contributed by atoms with Crippen LogP contribution in [0.1, 0.15) is 51.1 Å². The van der Waals surface area contributed by atoms with E-state index in [2.05, 4.69) is 25.2 Å². The molecule has 0 bridgehead atoms. The summed E-state index contributed by atoms with van der Waals surface area (Å²) in [7, 11) is 3.47. The Labute approximate surface area is 129 Å².